The quantitative estimate of drug-likeness (QED) is 0.302. The van der Waals surface area contributed by atoms with Gasteiger partial charge in [-0.15, -0.1) is 15.3 Å². The van der Waals surface area contributed by atoms with Gasteiger partial charge in [-0.05, 0) is 6.92 Å². The molecule has 0 radical (unpaired) electrons. The third-order valence-corrected chi connectivity index (χ3v) is 4.75. The zero-order valence-electron chi connectivity index (χ0n) is 16.4. The normalized spacial score (nSPS) is 11.0. The molecule has 31 heavy (non-hydrogen) atoms. The molecule has 0 saturated heterocycles. The smallest absolute Gasteiger partial charge is 0.272 e. The van der Waals surface area contributed by atoms with E-state index in [0.29, 0.717) is 17.2 Å². The molecule has 0 atom stereocenters. The van der Waals surface area contributed by atoms with Crippen LogP contribution < -0.4 is 16.8 Å². The number of aromatic nitrogens is 7. The van der Waals surface area contributed by atoms with Gasteiger partial charge in [0.1, 0.15) is 22.6 Å². The van der Waals surface area contributed by atoms with E-state index in [1.54, 1.807) is 6.92 Å². The minimum atomic E-state index is -0.362. The van der Waals surface area contributed by atoms with E-state index in [1.807, 2.05) is 60.7 Å². The number of benzene rings is 2. The highest BCUT2D eigenvalue weighted by Crippen LogP contribution is 2.29. The lowest BCUT2D eigenvalue weighted by molar-refractivity contribution is 0.788. The van der Waals surface area contributed by atoms with Crippen molar-refractivity contribution in [3.8, 4) is 28.5 Å². The van der Waals surface area contributed by atoms with Crippen LogP contribution in [0.5, 0.6) is 0 Å². The molecule has 0 fully saturated rings. The Balaban J connectivity index is 1.78. The summed E-state index contributed by atoms with van der Waals surface area (Å²) < 4.78 is 1.36. The van der Waals surface area contributed by atoms with Gasteiger partial charge in [0.15, 0.2) is 11.5 Å². The molecule has 152 valence electrons. The lowest BCUT2D eigenvalue weighted by atomic mass is 10.0. The molecule has 0 aliphatic heterocycles. The number of aromatic amines is 1. The summed E-state index contributed by atoms with van der Waals surface area (Å²) in [5.74, 6) is 6.34. The van der Waals surface area contributed by atoms with Crippen LogP contribution in [0.3, 0.4) is 0 Å². The third-order valence-electron chi connectivity index (χ3n) is 4.75. The molecule has 4 N–H and O–H groups in total. The molecule has 0 saturated carbocycles. The number of fused-ring (bicyclic) bond motifs is 1. The fourth-order valence-electron chi connectivity index (χ4n) is 3.37. The van der Waals surface area contributed by atoms with Gasteiger partial charge in [0.05, 0.1) is 0 Å². The molecule has 2 aromatic carbocycles. The van der Waals surface area contributed by atoms with Crippen LogP contribution in [0.15, 0.2) is 65.5 Å². The molecule has 0 aliphatic carbocycles. The predicted octanol–water partition coefficient (Wildman–Crippen LogP) is 2.22. The van der Waals surface area contributed by atoms with E-state index in [9.17, 15) is 4.79 Å². The Bertz CT molecular complexity index is 1440. The van der Waals surface area contributed by atoms with Gasteiger partial charge in [-0.1, -0.05) is 60.7 Å². The molecule has 3 aromatic heterocycles. The average Bonchev–Trinajstić information content (AvgIpc) is 3.19. The first-order valence-electron chi connectivity index (χ1n) is 9.48. The summed E-state index contributed by atoms with van der Waals surface area (Å²) in [6.07, 6.45) is 0. The number of nitrogens with two attached hydrogens (primary N) is 1. The zero-order valence-corrected chi connectivity index (χ0v) is 16.4. The number of aryl methyl sites for hydroxylation is 1. The summed E-state index contributed by atoms with van der Waals surface area (Å²) in [6, 6.07) is 19.4. The molecule has 3 heterocycles. The van der Waals surface area contributed by atoms with Crippen LogP contribution in [-0.4, -0.2) is 34.9 Å². The van der Waals surface area contributed by atoms with Gasteiger partial charge in [-0.25, -0.2) is 15.8 Å². The van der Waals surface area contributed by atoms with E-state index in [-0.39, 0.29) is 28.4 Å². The van der Waals surface area contributed by atoms with Crippen LogP contribution in [0, 0.1) is 6.92 Å². The lowest BCUT2D eigenvalue weighted by Gasteiger charge is -2.09. The van der Waals surface area contributed by atoms with Gasteiger partial charge in [0.2, 0.25) is 0 Å². The van der Waals surface area contributed by atoms with Gasteiger partial charge in [-0.2, -0.15) is 4.68 Å². The first kappa shape index (κ1) is 18.6. The number of H-pyrrole nitrogens is 1. The van der Waals surface area contributed by atoms with E-state index in [2.05, 4.69) is 30.7 Å². The fraction of sp³-hybridized carbons (Fsp3) is 0.0476. The van der Waals surface area contributed by atoms with Crippen molar-refractivity contribution in [1.29, 1.82) is 0 Å². The lowest BCUT2D eigenvalue weighted by Crippen LogP contribution is -2.13. The molecule has 5 aromatic rings. The van der Waals surface area contributed by atoms with Crippen LogP contribution >= 0.6 is 0 Å². The summed E-state index contributed by atoms with van der Waals surface area (Å²) in [5, 5.41) is 13.3. The zero-order chi connectivity index (χ0) is 21.4. The molecule has 5 rings (SSSR count). The maximum absolute atomic E-state index is 12.5. The van der Waals surface area contributed by atoms with Crippen molar-refractivity contribution >= 4 is 16.9 Å². The van der Waals surface area contributed by atoms with Crippen molar-refractivity contribution in [2.24, 2.45) is 5.84 Å². The number of hydrogen-bond acceptors (Lipinski definition) is 8. The van der Waals surface area contributed by atoms with E-state index in [1.165, 1.54) is 4.68 Å². The third kappa shape index (κ3) is 3.20. The molecule has 0 aliphatic rings. The molecule has 10 heteroatoms. The topological polar surface area (TPSA) is 140 Å². The van der Waals surface area contributed by atoms with Crippen molar-refractivity contribution in [2.75, 3.05) is 5.43 Å². The highest BCUT2D eigenvalue weighted by Gasteiger charge is 2.21. The number of hydrogen-bond donors (Lipinski definition) is 3. The van der Waals surface area contributed by atoms with Gasteiger partial charge in [-0.3, -0.25) is 4.79 Å². The van der Waals surface area contributed by atoms with Crippen molar-refractivity contribution in [3.05, 3.63) is 76.8 Å². The predicted molar refractivity (Wildman–Crippen MR) is 116 cm³/mol. The Labute approximate surface area is 175 Å². The van der Waals surface area contributed by atoms with Crippen LogP contribution in [0.4, 0.5) is 5.82 Å². The summed E-state index contributed by atoms with van der Waals surface area (Å²) >= 11 is 0. The number of hydrazine groups is 1. The van der Waals surface area contributed by atoms with Crippen LogP contribution in [0.25, 0.3) is 39.5 Å². The minimum absolute atomic E-state index is 0.167. The first-order valence-corrected chi connectivity index (χ1v) is 9.48. The summed E-state index contributed by atoms with van der Waals surface area (Å²) in [7, 11) is 0. The van der Waals surface area contributed by atoms with Gasteiger partial charge in [0, 0.05) is 11.1 Å². The van der Waals surface area contributed by atoms with E-state index in [0.717, 1.165) is 11.1 Å². The number of nitrogens with zero attached hydrogens (tertiary/aromatic N) is 6. The van der Waals surface area contributed by atoms with Crippen LogP contribution in [0.1, 0.15) is 5.82 Å². The molecular formula is C21H17N9O. The van der Waals surface area contributed by atoms with Crippen LogP contribution in [0.2, 0.25) is 0 Å². The van der Waals surface area contributed by atoms with Gasteiger partial charge in [0.25, 0.3) is 11.5 Å². The number of nitrogens with one attached hydrogen (secondary N) is 2. The second-order valence-electron chi connectivity index (χ2n) is 6.80. The Morgan fingerprint density at radius 1 is 0.903 bits per heavy atom. The number of rotatable bonds is 4. The molecule has 0 bridgehead atoms. The van der Waals surface area contributed by atoms with Crippen LogP contribution in [-0.2, 0) is 0 Å². The minimum Gasteiger partial charge on any atom is -0.310 e. The summed E-state index contributed by atoms with van der Waals surface area (Å²) in [6.45, 7) is 1.68. The molecule has 10 nitrogen and oxygen atoms in total. The van der Waals surface area contributed by atoms with Crippen molar-refractivity contribution in [1.82, 2.24) is 34.9 Å². The Morgan fingerprint density at radius 3 is 2.19 bits per heavy atom. The molecule has 0 spiro atoms. The maximum Gasteiger partial charge on any atom is 0.272 e. The first-order chi connectivity index (χ1) is 15.2. The highest BCUT2D eigenvalue weighted by molar-refractivity contribution is 5.87. The second kappa shape index (κ2) is 7.43. The standard InChI is InChI=1S/C21H17N9O/c1-12-23-19-15(20(31)24-12)18(26-22)29-30(19)21-25-16(13-8-4-2-5-9-13)17(27-28-21)14-10-6-3-7-11-14/h2-11H,22H2,1H3,(H,26,29)(H,23,24,31). The van der Waals surface area contributed by atoms with Gasteiger partial charge >= 0.3 is 0 Å². The summed E-state index contributed by atoms with van der Waals surface area (Å²) in [4.78, 5) is 24.3. The Kier molecular flexibility index (Phi) is 4.45. The second-order valence-corrected chi connectivity index (χ2v) is 6.80. The largest absolute Gasteiger partial charge is 0.310 e. The van der Waals surface area contributed by atoms with E-state index < -0.39 is 0 Å². The van der Waals surface area contributed by atoms with Crippen molar-refractivity contribution in [2.45, 2.75) is 6.92 Å². The number of anilines is 1. The Hall–Kier alpha value is -4.44. The molecule has 0 amide bonds. The SMILES string of the molecule is Cc1nc2c(c(NN)nn2-c2nnc(-c3ccccc3)c(-c3ccccc3)n2)c(=O)[nH]1. The fourth-order valence-corrected chi connectivity index (χ4v) is 3.37. The average molecular weight is 411 g/mol. The maximum atomic E-state index is 12.5. The van der Waals surface area contributed by atoms with E-state index in [4.69, 9.17) is 10.8 Å². The monoisotopic (exact) mass is 411 g/mol. The van der Waals surface area contributed by atoms with Gasteiger partial charge < -0.3 is 10.4 Å². The van der Waals surface area contributed by atoms with Crippen molar-refractivity contribution < 1.29 is 0 Å². The summed E-state index contributed by atoms with van der Waals surface area (Å²) in [5.41, 5.74) is 5.36. The highest BCUT2D eigenvalue weighted by atomic mass is 16.1. The molecular weight excluding hydrogens is 394 g/mol. The van der Waals surface area contributed by atoms with E-state index >= 15 is 0 Å². The van der Waals surface area contributed by atoms with Crippen molar-refractivity contribution in [3.63, 3.8) is 0 Å². The Morgan fingerprint density at radius 2 is 1.55 bits per heavy atom. The number of nitrogen functional groups attached to an aromatic ring is 1. The molecule has 0 unspecified atom stereocenters.